The van der Waals surface area contributed by atoms with Crippen LogP contribution in [0.5, 0.6) is 0 Å². The number of amides is 3. The van der Waals surface area contributed by atoms with Crippen molar-refractivity contribution in [2.45, 2.75) is 45.4 Å². The first kappa shape index (κ1) is 14.4. The Morgan fingerprint density at radius 1 is 0.938 bits per heavy atom. The van der Waals surface area contributed by atoms with Gasteiger partial charge in [0.25, 0.3) is 0 Å². The molecule has 3 amide bonds. The summed E-state index contributed by atoms with van der Waals surface area (Å²) in [6, 6.07) is 0. The Balaban J connectivity index is 3.44. The number of hydrazine groups is 1. The van der Waals surface area contributed by atoms with Gasteiger partial charge in [0.2, 0.25) is 17.7 Å². The van der Waals surface area contributed by atoms with Crippen LogP contribution in [0.1, 0.15) is 45.4 Å². The highest BCUT2D eigenvalue weighted by atomic mass is 16.2. The van der Waals surface area contributed by atoms with Gasteiger partial charge in [-0.2, -0.15) is 0 Å². The van der Waals surface area contributed by atoms with Crippen LogP contribution in [0.4, 0.5) is 0 Å². The molecule has 0 aliphatic heterocycles. The van der Waals surface area contributed by atoms with Gasteiger partial charge in [-0.05, 0) is 19.3 Å². The molecule has 0 aliphatic carbocycles. The van der Waals surface area contributed by atoms with Crippen molar-refractivity contribution < 1.29 is 14.4 Å². The maximum absolute atomic E-state index is 11.2. The molecule has 0 bridgehead atoms. The molecule has 0 unspecified atom stereocenters. The summed E-state index contributed by atoms with van der Waals surface area (Å²) < 4.78 is 0. The third kappa shape index (κ3) is 8.98. The molecule has 0 aliphatic rings. The molecule has 0 rings (SSSR count). The number of rotatable bonds is 7. The molecule has 0 aromatic rings. The van der Waals surface area contributed by atoms with E-state index in [1.807, 2.05) is 6.92 Å². The number of hydrogen-bond acceptors (Lipinski definition) is 3. The van der Waals surface area contributed by atoms with Crippen molar-refractivity contribution >= 4 is 17.7 Å². The van der Waals surface area contributed by atoms with Gasteiger partial charge in [0.05, 0.1) is 0 Å². The van der Waals surface area contributed by atoms with Crippen molar-refractivity contribution in [3.05, 3.63) is 0 Å². The molecule has 0 aromatic heterocycles. The lowest BCUT2D eigenvalue weighted by atomic mass is 10.2. The van der Waals surface area contributed by atoms with Gasteiger partial charge in [0.1, 0.15) is 0 Å². The van der Waals surface area contributed by atoms with Crippen LogP contribution < -0.4 is 16.6 Å². The summed E-state index contributed by atoms with van der Waals surface area (Å²) in [5.74, 6) is -0.821. The van der Waals surface area contributed by atoms with Crippen molar-refractivity contribution in [2.24, 2.45) is 5.73 Å². The summed E-state index contributed by atoms with van der Waals surface area (Å²) in [6.07, 6.45) is 2.86. The molecule has 16 heavy (non-hydrogen) atoms. The standard InChI is InChI=1S/C10H19N3O3/c1-2-5-9(15)12-13-10(16)7-4-3-6-8(11)14/h2-7H2,1H3,(H2,11,14)(H,12,15)(H,13,16). The predicted molar refractivity (Wildman–Crippen MR) is 58.9 cm³/mol. The fraction of sp³-hybridized carbons (Fsp3) is 0.700. The van der Waals surface area contributed by atoms with E-state index < -0.39 is 0 Å². The summed E-state index contributed by atoms with van der Waals surface area (Å²) in [6.45, 7) is 1.88. The van der Waals surface area contributed by atoms with Gasteiger partial charge in [0, 0.05) is 19.3 Å². The molecule has 0 saturated heterocycles. The van der Waals surface area contributed by atoms with Gasteiger partial charge in [-0.15, -0.1) is 0 Å². The number of carbonyl (C=O) groups excluding carboxylic acids is 3. The van der Waals surface area contributed by atoms with Crippen molar-refractivity contribution in [2.75, 3.05) is 0 Å². The smallest absolute Gasteiger partial charge is 0.238 e. The maximum atomic E-state index is 11.2. The molecular formula is C10H19N3O3. The zero-order valence-corrected chi connectivity index (χ0v) is 9.54. The topological polar surface area (TPSA) is 101 Å². The Labute approximate surface area is 94.9 Å². The van der Waals surface area contributed by atoms with Crippen LogP contribution in [0.3, 0.4) is 0 Å². The van der Waals surface area contributed by atoms with E-state index in [9.17, 15) is 14.4 Å². The zero-order valence-electron chi connectivity index (χ0n) is 9.54. The van der Waals surface area contributed by atoms with Crippen LogP contribution in [0.25, 0.3) is 0 Å². The number of primary amides is 1. The third-order valence-electron chi connectivity index (χ3n) is 1.90. The second kappa shape index (κ2) is 8.70. The first-order chi connectivity index (χ1) is 7.56. The summed E-state index contributed by atoms with van der Waals surface area (Å²) in [5, 5.41) is 0. The van der Waals surface area contributed by atoms with Crippen molar-refractivity contribution in [3.63, 3.8) is 0 Å². The average molecular weight is 229 g/mol. The summed E-state index contributed by atoms with van der Waals surface area (Å²) in [5.41, 5.74) is 9.55. The van der Waals surface area contributed by atoms with E-state index in [1.54, 1.807) is 0 Å². The number of carbonyl (C=O) groups is 3. The lowest BCUT2D eigenvalue weighted by Crippen LogP contribution is -2.41. The molecule has 92 valence electrons. The molecule has 0 aromatic carbocycles. The van der Waals surface area contributed by atoms with E-state index in [2.05, 4.69) is 10.9 Å². The van der Waals surface area contributed by atoms with Crippen molar-refractivity contribution in [1.82, 2.24) is 10.9 Å². The quantitative estimate of drug-likeness (QED) is 0.422. The van der Waals surface area contributed by atoms with E-state index >= 15 is 0 Å². The zero-order chi connectivity index (χ0) is 12.4. The highest BCUT2D eigenvalue weighted by Gasteiger charge is 2.03. The van der Waals surface area contributed by atoms with Gasteiger partial charge in [0.15, 0.2) is 0 Å². The minimum absolute atomic E-state index is 0.201. The van der Waals surface area contributed by atoms with E-state index in [4.69, 9.17) is 5.73 Å². The Bertz CT molecular complexity index is 254. The second-order valence-corrected chi connectivity index (χ2v) is 3.52. The maximum Gasteiger partial charge on any atom is 0.238 e. The normalized spacial score (nSPS) is 9.56. The molecule has 0 radical (unpaired) electrons. The van der Waals surface area contributed by atoms with Crippen LogP contribution in [-0.2, 0) is 14.4 Å². The van der Waals surface area contributed by atoms with Crippen LogP contribution >= 0.6 is 0 Å². The molecule has 0 fully saturated rings. The lowest BCUT2D eigenvalue weighted by molar-refractivity contribution is -0.129. The summed E-state index contributed by atoms with van der Waals surface area (Å²) in [7, 11) is 0. The van der Waals surface area contributed by atoms with E-state index in [1.165, 1.54) is 0 Å². The third-order valence-corrected chi connectivity index (χ3v) is 1.90. The Kier molecular flexibility index (Phi) is 7.83. The Morgan fingerprint density at radius 3 is 1.94 bits per heavy atom. The lowest BCUT2D eigenvalue weighted by Gasteiger charge is -2.06. The Morgan fingerprint density at radius 2 is 1.44 bits per heavy atom. The number of nitrogens with one attached hydrogen (secondary N) is 2. The number of nitrogens with two attached hydrogens (primary N) is 1. The fourth-order valence-corrected chi connectivity index (χ4v) is 1.08. The number of unbranched alkanes of at least 4 members (excludes halogenated alkanes) is 1. The highest BCUT2D eigenvalue weighted by Crippen LogP contribution is 1.98. The van der Waals surface area contributed by atoms with Crippen LogP contribution in [0, 0.1) is 0 Å². The largest absolute Gasteiger partial charge is 0.370 e. The van der Waals surface area contributed by atoms with E-state index in [0.29, 0.717) is 19.3 Å². The second-order valence-electron chi connectivity index (χ2n) is 3.52. The fourth-order valence-electron chi connectivity index (χ4n) is 1.08. The monoisotopic (exact) mass is 229 g/mol. The van der Waals surface area contributed by atoms with Gasteiger partial charge in [-0.25, -0.2) is 0 Å². The summed E-state index contributed by atoms with van der Waals surface area (Å²) in [4.78, 5) is 32.5. The summed E-state index contributed by atoms with van der Waals surface area (Å²) >= 11 is 0. The number of hydrogen-bond donors (Lipinski definition) is 3. The van der Waals surface area contributed by atoms with Gasteiger partial charge in [-0.1, -0.05) is 6.92 Å². The van der Waals surface area contributed by atoms with Gasteiger partial charge < -0.3 is 5.73 Å². The minimum Gasteiger partial charge on any atom is -0.370 e. The van der Waals surface area contributed by atoms with E-state index in [-0.39, 0.29) is 30.6 Å². The van der Waals surface area contributed by atoms with Gasteiger partial charge >= 0.3 is 0 Å². The minimum atomic E-state index is -0.364. The molecule has 6 heteroatoms. The molecule has 4 N–H and O–H groups in total. The Hall–Kier alpha value is -1.59. The molecule has 0 spiro atoms. The van der Waals surface area contributed by atoms with Crippen molar-refractivity contribution in [3.8, 4) is 0 Å². The van der Waals surface area contributed by atoms with Crippen LogP contribution in [-0.4, -0.2) is 17.7 Å². The van der Waals surface area contributed by atoms with E-state index in [0.717, 1.165) is 6.42 Å². The van der Waals surface area contributed by atoms with Crippen LogP contribution in [0.15, 0.2) is 0 Å². The molecule has 6 nitrogen and oxygen atoms in total. The molecular weight excluding hydrogens is 210 g/mol. The molecule has 0 atom stereocenters. The molecule has 0 heterocycles. The van der Waals surface area contributed by atoms with Gasteiger partial charge in [-0.3, -0.25) is 25.2 Å². The first-order valence-corrected chi connectivity index (χ1v) is 5.42. The predicted octanol–water partition coefficient (Wildman–Crippen LogP) is -0.0204. The van der Waals surface area contributed by atoms with Crippen LogP contribution in [0.2, 0.25) is 0 Å². The molecule has 0 saturated carbocycles. The first-order valence-electron chi connectivity index (χ1n) is 5.42. The SMILES string of the molecule is CCCC(=O)NNC(=O)CCCCC(N)=O. The average Bonchev–Trinajstić information content (AvgIpc) is 2.22. The highest BCUT2D eigenvalue weighted by molar-refractivity contribution is 5.81. The van der Waals surface area contributed by atoms with Crippen molar-refractivity contribution in [1.29, 1.82) is 0 Å².